The van der Waals surface area contributed by atoms with Gasteiger partial charge in [-0.3, -0.25) is 4.79 Å². The molecule has 0 aliphatic rings. The molecule has 2 heterocycles. The molecule has 0 unspecified atom stereocenters. The topological polar surface area (TPSA) is 75.0 Å². The van der Waals surface area contributed by atoms with Crippen LogP contribution in [0.15, 0.2) is 77.6 Å². The van der Waals surface area contributed by atoms with E-state index in [1.165, 1.54) is 15.9 Å². The van der Waals surface area contributed by atoms with Gasteiger partial charge in [0.2, 0.25) is 4.96 Å². The van der Waals surface area contributed by atoms with Gasteiger partial charge in [-0.25, -0.2) is 0 Å². The summed E-state index contributed by atoms with van der Waals surface area (Å²) >= 11 is 1.31. The van der Waals surface area contributed by atoms with Gasteiger partial charge >= 0.3 is 0 Å². The number of hydrogen-bond donors (Lipinski definition) is 0. The fourth-order valence-electron chi connectivity index (χ4n) is 3.88. The standard InChI is InChI=1S/C30H29N3O4S/c1-3-5-17-36-24-14-12-23(13-15-24)28-31-30-33(32-28)29(34)27(38-30)19-22-11-16-25(26(18-22)35-4-2)37-20-21-9-7-6-8-10-21/h6-16,18-19H,3-5,17,20H2,1-2H3. The number of aromatic nitrogens is 3. The molecule has 0 fully saturated rings. The van der Waals surface area contributed by atoms with Gasteiger partial charge < -0.3 is 14.2 Å². The zero-order valence-corrected chi connectivity index (χ0v) is 22.2. The first-order valence-electron chi connectivity index (χ1n) is 12.7. The quantitative estimate of drug-likeness (QED) is 0.211. The summed E-state index contributed by atoms with van der Waals surface area (Å²) in [5.41, 5.74) is 2.54. The first kappa shape index (κ1) is 25.5. The Morgan fingerprint density at radius 1 is 0.921 bits per heavy atom. The number of unbranched alkanes of at least 4 members (excludes halogenated alkanes) is 1. The molecule has 38 heavy (non-hydrogen) atoms. The van der Waals surface area contributed by atoms with Crippen LogP contribution in [0.2, 0.25) is 0 Å². The molecule has 0 aliphatic heterocycles. The fraction of sp³-hybridized carbons (Fsp3) is 0.233. The van der Waals surface area contributed by atoms with Gasteiger partial charge in [-0.15, -0.1) is 5.10 Å². The van der Waals surface area contributed by atoms with E-state index >= 15 is 0 Å². The second-order valence-electron chi connectivity index (χ2n) is 8.69. The highest BCUT2D eigenvalue weighted by atomic mass is 32.1. The van der Waals surface area contributed by atoms with Crippen molar-refractivity contribution >= 4 is 22.4 Å². The monoisotopic (exact) mass is 527 g/mol. The number of ether oxygens (including phenoxy) is 3. The zero-order valence-electron chi connectivity index (χ0n) is 21.4. The van der Waals surface area contributed by atoms with Gasteiger partial charge in [0.25, 0.3) is 5.56 Å². The van der Waals surface area contributed by atoms with Crippen LogP contribution in [0, 0.1) is 0 Å². The summed E-state index contributed by atoms with van der Waals surface area (Å²) in [7, 11) is 0. The molecule has 2 aromatic heterocycles. The summed E-state index contributed by atoms with van der Waals surface area (Å²) in [6.07, 6.45) is 3.94. The Labute approximate surface area is 225 Å². The van der Waals surface area contributed by atoms with Crippen LogP contribution in [0.4, 0.5) is 0 Å². The summed E-state index contributed by atoms with van der Waals surface area (Å²) in [4.78, 5) is 18.2. The van der Waals surface area contributed by atoms with E-state index in [-0.39, 0.29) is 5.56 Å². The Hall–Kier alpha value is -4.17. The van der Waals surface area contributed by atoms with Gasteiger partial charge in [-0.1, -0.05) is 61.1 Å². The molecule has 5 aromatic rings. The maximum atomic E-state index is 13.1. The van der Waals surface area contributed by atoms with E-state index in [1.807, 2.05) is 85.8 Å². The largest absolute Gasteiger partial charge is 0.494 e. The van der Waals surface area contributed by atoms with Gasteiger partial charge in [-0.05, 0) is 66.9 Å². The normalized spacial score (nSPS) is 11.7. The Bertz CT molecular complexity index is 1610. The molecule has 0 aliphatic carbocycles. The van der Waals surface area contributed by atoms with E-state index < -0.39 is 0 Å². The molecule has 0 saturated carbocycles. The van der Waals surface area contributed by atoms with Crippen LogP contribution in [0.3, 0.4) is 0 Å². The lowest BCUT2D eigenvalue weighted by molar-refractivity contribution is 0.269. The number of thiazole rings is 1. The third-order valence-electron chi connectivity index (χ3n) is 5.86. The van der Waals surface area contributed by atoms with Crippen molar-refractivity contribution in [3.05, 3.63) is 98.8 Å². The predicted molar refractivity (Wildman–Crippen MR) is 150 cm³/mol. The summed E-state index contributed by atoms with van der Waals surface area (Å²) in [5.74, 6) is 2.61. The molecule has 0 radical (unpaired) electrons. The van der Waals surface area contributed by atoms with Crippen molar-refractivity contribution in [2.45, 2.75) is 33.3 Å². The lowest BCUT2D eigenvalue weighted by atomic mass is 10.2. The number of rotatable bonds is 11. The van der Waals surface area contributed by atoms with Gasteiger partial charge in [0, 0.05) is 5.56 Å². The van der Waals surface area contributed by atoms with E-state index in [1.54, 1.807) is 0 Å². The molecule has 0 atom stereocenters. The minimum absolute atomic E-state index is 0.203. The zero-order chi connectivity index (χ0) is 26.3. The van der Waals surface area contributed by atoms with Crippen molar-refractivity contribution in [3.63, 3.8) is 0 Å². The fourth-order valence-corrected chi connectivity index (χ4v) is 4.79. The first-order valence-corrected chi connectivity index (χ1v) is 13.5. The Balaban J connectivity index is 1.36. The molecular weight excluding hydrogens is 498 g/mol. The lowest BCUT2D eigenvalue weighted by Gasteiger charge is -2.12. The maximum Gasteiger partial charge on any atom is 0.291 e. The van der Waals surface area contributed by atoms with Crippen molar-refractivity contribution in [1.82, 2.24) is 14.6 Å². The van der Waals surface area contributed by atoms with Crippen LogP contribution in [0.25, 0.3) is 22.4 Å². The van der Waals surface area contributed by atoms with Crippen LogP contribution < -0.4 is 24.3 Å². The number of fused-ring (bicyclic) bond motifs is 1. The second kappa shape index (κ2) is 11.9. The molecule has 3 aromatic carbocycles. The molecule has 0 spiro atoms. The summed E-state index contributed by atoms with van der Waals surface area (Å²) in [5, 5.41) is 4.46. The average Bonchev–Trinajstić information content (AvgIpc) is 3.48. The van der Waals surface area contributed by atoms with E-state index in [2.05, 4.69) is 17.0 Å². The Morgan fingerprint density at radius 3 is 2.47 bits per heavy atom. The average molecular weight is 528 g/mol. The summed E-state index contributed by atoms with van der Waals surface area (Å²) in [6.45, 7) is 5.70. The molecule has 0 bridgehead atoms. The summed E-state index contributed by atoms with van der Waals surface area (Å²) in [6, 6.07) is 23.3. The highest BCUT2D eigenvalue weighted by molar-refractivity contribution is 7.15. The SMILES string of the molecule is CCCCOc1ccc(-c2nc3sc(=Cc4ccc(OCc5ccccc5)c(OCC)c4)c(=O)n3n2)cc1. The Morgan fingerprint density at radius 2 is 1.74 bits per heavy atom. The van der Waals surface area contributed by atoms with Crippen molar-refractivity contribution in [3.8, 4) is 28.6 Å². The van der Waals surface area contributed by atoms with E-state index in [0.717, 1.165) is 35.3 Å². The van der Waals surface area contributed by atoms with Gasteiger partial charge in [-0.2, -0.15) is 9.50 Å². The van der Waals surface area contributed by atoms with E-state index in [4.69, 9.17) is 14.2 Å². The van der Waals surface area contributed by atoms with Crippen LogP contribution in [0.5, 0.6) is 17.2 Å². The third-order valence-corrected chi connectivity index (χ3v) is 6.82. The van der Waals surface area contributed by atoms with E-state index in [0.29, 0.717) is 46.6 Å². The van der Waals surface area contributed by atoms with Crippen molar-refractivity contribution in [2.24, 2.45) is 0 Å². The Kier molecular flexibility index (Phi) is 7.99. The van der Waals surface area contributed by atoms with Crippen LogP contribution in [-0.4, -0.2) is 27.8 Å². The molecular formula is C30H29N3O4S. The van der Waals surface area contributed by atoms with Crippen molar-refractivity contribution in [1.29, 1.82) is 0 Å². The maximum absolute atomic E-state index is 13.1. The predicted octanol–water partition coefficient (Wildman–Crippen LogP) is 5.52. The van der Waals surface area contributed by atoms with Crippen LogP contribution in [-0.2, 0) is 6.61 Å². The molecule has 0 N–H and O–H groups in total. The highest BCUT2D eigenvalue weighted by Crippen LogP contribution is 2.29. The molecule has 5 rings (SSSR count). The van der Waals surface area contributed by atoms with Crippen molar-refractivity contribution < 1.29 is 14.2 Å². The summed E-state index contributed by atoms with van der Waals surface area (Å²) < 4.78 is 19.4. The molecule has 7 nitrogen and oxygen atoms in total. The van der Waals surface area contributed by atoms with Gasteiger partial charge in [0.15, 0.2) is 17.3 Å². The minimum Gasteiger partial charge on any atom is -0.494 e. The van der Waals surface area contributed by atoms with Gasteiger partial charge in [0.05, 0.1) is 17.7 Å². The highest BCUT2D eigenvalue weighted by Gasteiger charge is 2.13. The van der Waals surface area contributed by atoms with Gasteiger partial charge in [0.1, 0.15) is 12.4 Å². The number of hydrogen-bond acceptors (Lipinski definition) is 7. The molecule has 0 saturated heterocycles. The van der Waals surface area contributed by atoms with Crippen LogP contribution >= 0.6 is 11.3 Å². The number of benzene rings is 3. The molecule has 0 amide bonds. The smallest absolute Gasteiger partial charge is 0.291 e. The van der Waals surface area contributed by atoms with Crippen LogP contribution in [0.1, 0.15) is 37.8 Å². The first-order chi connectivity index (χ1) is 18.6. The molecule has 8 heteroatoms. The second-order valence-corrected chi connectivity index (χ2v) is 9.69. The molecule has 194 valence electrons. The van der Waals surface area contributed by atoms with Crippen molar-refractivity contribution in [2.75, 3.05) is 13.2 Å². The number of nitrogens with zero attached hydrogens (tertiary/aromatic N) is 3. The van der Waals surface area contributed by atoms with E-state index in [9.17, 15) is 4.79 Å². The lowest BCUT2D eigenvalue weighted by Crippen LogP contribution is -2.23. The minimum atomic E-state index is -0.203. The third kappa shape index (κ3) is 5.86.